The van der Waals surface area contributed by atoms with Crippen LogP contribution in [-0.4, -0.2) is 22.3 Å². The molecular formula is C21H21F3N2O. The summed E-state index contributed by atoms with van der Waals surface area (Å²) in [6.07, 6.45) is 2.62. The minimum absolute atomic E-state index is 0.377. The average Bonchev–Trinajstić information content (AvgIpc) is 3.31. The van der Waals surface area contributed by atoms with Gasteiger partial charge in [-0.2, -0.15) is 13.2 Å². The van der Waals surface area contributed by atoms with Crippen molar-refractivity contribution in [3.8, 4) is 11.1 Å². The van der Waals surface area contributed by atoms with Gasteiger partial charge in [-0.3, -0.25) is 0 Å². The number of fused-ring (bicyclic) bond motifs is 1. The van der Waals surface area contributed by atoms with Crippen molar-refractivity contribution < 1.29 is 17.9 Å². The average molecular weight is 374 g/mol. The Morgan fingerprint density at radius 2 is 1.70 bits per heavy atom. The molecule has 4 rings (SSSR count). The van der Waals surface area contributed by atoms with Crippen LogP contribution < -0.4 is 0 Å². The fraction of sp³-hybridized carbons (Fsp3) is 0.381. The number of benzene rings is 2. The molecule has 1 aliphatic carbocycles. The molecular weight excluding hydrogens is 353 g/mol. The Labute approximate surface area is 155 Å². The number of hydrogen-bond donors (Lipinski definition) is 0. The molecule has 0 spiro atoms. The van der Waals surface area contributed by atoms with Crippen LogP contribution in [0.1, 0.15) is 31.2 Å². The maximum atomic E-state index is 12.7. The van der Waals surface area contributed by atoms with Gasteiger partial charge in [-0.1, -0.05) is 31.0 Å². The van der Waals surface area contributed by atoms with Crippen LogP contribution in [0, 0.1) is 0 Å². The molecule has 0 radical (unpaired) electrons. The molecule has 27 heavy (non-hydrogen) atoms. The molecule has 3 aromatic rings. The third-order valence-corrected chi connectivity index (χ3v) is 5.15. The highest BCUT2D eigenvalue weighted by Gasteiger charge is 2.30. The van der Waals surface area contributed by atoms with E-state index in [4.69, 9.17) is 4.74 Å². The summed E-state index contributed by atoms with van der Waals surface area (Å²) in [7, 11) is 0. The standard InChI is InChI=1S/C21H21F3N2O/c22-21(23,24)17-8-5-15(6-9-17)16-7-10-19-20(13-16)26(14-25-19)11-12-27-18-3-1-2-4-18/h5-10,13-14,18H,1-4,11-12H2. The Morgan fingerprint density at radius 1 is 1.00 bits per heavy atom. The smallest absolute Gasteiger partial charge is 0.376 e. The van der Waals surface area contributed by atoms with Crippen LogP contribution in [0.5, 0.6) is 0 Å². The molecule has 142 valence electrons. The molecule has 1 fully saturated rings. The maximum absolute atomic E-state index is 12.7. The van der Waals surface area contributed by atoms with E-state index in [0.717, 1.165) is 47.1 Å². The topological polar surface area (TPSA) is 27.1 Å². The molecule has 0 saturated heterocycles. The monoisotopic (exact) mass is 374 g/mol. The summed E-state index contributed by atoms with van der Waals surface area (Å²) < 4.78 is 46.2. The van der Waals surface area contributed by atoms with Crippen molar-refractivity contribution >= 4 is 11.0 Å². The molecule has 0 aliphatic heterocycles. The largest absolute Gasteiger partial charge is 0.416 e. The number of rotatable bonds is 5. The van der Waals surface area contributed by atoms with Crippen LogP contribution in [0.4, 0.5) is 13.2 Å². The minimum Gasteiger partial charge on any atom is -0.376 e. The lowest BCUT2D eigenvalue weighted by Crippen LogP contribution is -2.12. The second-order valence-corrected chi connectivity index (χ2v) is 6.99. The van der Waals surface area contributed by atoms with E-state index in [0.29, 0.717) is 19.3 Å². The van der Waals surface area contributed by atoms with Crippen LogP contribution in [0.2, 0.25) is 0 Å². The molecule has 1 saturated carbocycles. The van der Waals surface area contributed by atoms with E-state index in [2.05, 4.69) is 4.98 Å². The SMILES string of the molecule is FC(F)(F)c1ccc(-c2ccc3ncn(CCOC4CCCC4)c3c2)cc1. The lowest BCUT2D eigenvalue weighted by Gasteiger charge is -2.12. The van der Waals surface area contributed by atoms with E-state index in [1.54, 1.807) is 6.33 Å². The lowest BCUT2D eigenvalue weighted by molar-refractivity contribution is -0.137. The first kappa shape index (κ1) is 18.0. The molecule has 6 heteroatoms. The molecule has 1 aliphatic rings. The third-order valence-electron chi connectivity index (χ3n) is 5.15. The normalized spacial score (nSPS) is 15.7. The van der Waals surface area contributed by atoms with E-state index in [9.17, 15) is 13.2 Å². The van der Waals surface area contributed by atoms with E-state index in [1.165, 1.54) is 25.0 Å². The molecule has 0 bridgehead atoms. The summed E-state index contributed by atoms with van der Waals surface area (Å²) in [5.41, 5.74) is 2.81. The van der Waals surface area contributed by atoms with Crippen molar-refractivity contribution in [2.75, 3.05) is 6.61 Å². The van der Waals surface area contributed by atoms with Crippen LogP contribution >= 0.6 is 0 Å². The molecule has 0 unspecified atom stereocenters. The molecule has 0 amide bonds. The van der Waals surface area contributed by atoms with Gasteiger partial charge >= 0.3 is 6.18 Å². The zero-order valence-corrected chi connectivity index (χ0v) is 14.9. The van der Waals surface area contributed by atoms with Gasteiger partial charge < -0.3 is 9.30 Å². The molecule has 0 N–H and O–H groups in total. The Morgan fingerprint density at radius 3 is 2.41 bits per heavy atom. The lowest BCUT2D eigenvalue weighted by atomic mass is 10.0. The van der Waals surface area contributed by atoms with E-state index < -0.39 is 11.7 Å². The predicted octanol–water partition coefficient (Wildman–Crippen LogP) is 5.68. The zero-order valence-electron chi connectivity index (χ0n) is 14.9. The van der Waals surface area contributed by atoms with E-state index in [1.807, 2.05) is 22.8 Å². The first-order valence-electron chi connectivity index (χ1n) is 9.25. The first-order chi connectivity index (χ1) is 13.0. The van der Waals surface area contributed by atoms with Crippen molar-refractivity contribution in [2.45, 2.75) is 44.5 Å². The summed E-state index contributed by atoms with van der Waals surface area (Å²) in [6.45, 7) is 1.35. The summed E-state index contributed by atoms with van der Waals surface area (Å²) in [6, 6.07) is 11.0. The Hall–Kier alpha value is -2.34. The highest BCUT2D eigenvalue weighted by Crippen LogP contribution is 2.31. The number of hydrogen-bond acceptors (Lipinski definition) is 2. The first-order valence-corrected chi connectivity index (χ1v) is 9.25. The van der Waals surface area contributed by atoms with Crippen molar-refractivity contribution in [3.05, 3.63) is 54.4 Å². The number of nitrogens with zero attached hydrogens (tertiary/aromatic N) is 2. The number of ether oxygens (including phenoxy) is 1. The van der Waals surface area contributed by atoms with Crippen molar-refractivity contribution in [3.63, 3.8) is 0 Å². The van der Waals surface area contributed by atoms with E-state index in [-0.39, 0.29) is 0 Å². The number of alkyl halides is 3. The summed E-state index contributed by atoms with van der Waals surface area (Å²) in [5, 5.41) is 0. The third kappa shape index (κ3) is 4.00. The van der Waals surface area contributed by atoms with Gasteiger partial charge in [0.15, 0.2) is 0 Å². The van der Waals surface area contributed by atoms with Crippen LogP contribution in [0.3, 0.4) is 0 Å². The Kier molecular flexibility index (Phi) is 4.91. The van der Waals surface area contributed by atoms with Gasteiger partial charge in [-0.15, -0.1) is 0 Å². The number of aromatic nitrogens is 2. The van der Waals surface area contributed by atoms with Gasteiger partial charge in [-0.05, 0) is 48.2 Å². The second kappa shape index (κ2) is 7.35. The van der Waals surface area contributed by atoms with Crippen molar-refractivity contribution in [2.24, 2.45) is 0 Å². The molecule has 1 heterocycles. The van der Waals surface area contributed by atoms with Gasteiger partial charge in [0.2, 0.25) is 0 Å². The fourth-order valence-electron chi connectivity index (χ4n) is 3.64. The van der Waals surface area contributed by atoms with Gasteiger partial charge in [0.25, 0.3) is 0 Å². The van der Waals surface area contributed by atoms with Gasteiger partial charge in [0.1, 0.15) is 0 Å². The predicted molar refractivity (Wildman–Crippen MR) is 98.4 cm³/mol. The number of imidazole rings is 1. The van der Waals surface area contributed by atoms with Crippen LogP contribution in [-0.2, 0) is 17.5 Å². The maximum Gasteiger partial charge on any atom is 0.416 e. The Balaban J connectivity index is 1.52. The zero-order chi connectivity index (χ0) is 18.9. The summed E-state index contributed by atoms with van der Waals surface area (Å²) in [5.74, 6) is 0. The van der Waals surface area contributed by atoms with Crippen molar-refractivity contribution in [1.82, 2.24) is 9.55 Å². The molecule has 1 aromatic heterocycles. The fourth-order valence-corrected chi connectivity index (χ4v) is 3.64. The van der Waals surface area contributed by atoms with Gasteiger partial charge in [0.05, 0.1) is 35.6 Å². The summed E-state index contributed by atoms with van der Waals surface area (Å²) in [4.78, 5) is 4.41. The molecule has 2 aromatic carbocycles. The van der Waals surface area contributed by atoms with Crippen molar-refractivity contribution in [1.29, 1.82) is 0 Å². The summed E-state index contributed by atoms with van der Waals surface area (Å²) >= 11 is 0. The highest BCUT2D eigenvalue weighted by atomic mass is 19.4. The van der Waals surface area contributed by atoms with Gasteiger partial charge in [0, 0.05) is 6.54 Å². The second-order valence-electron chi connectivity index (χ2n) is 6.99. The number of halogens is 3. The Bertz CT molecular complexity index is 909. The van der Waals surface area contributed by atoms with E-state index >= 15 is 0 Å². The minimum atomic E-state index is -4.32. The van der Waals surface area contributed by atoms with Crippen LogP contribution in [0.25, 0.3) is 22.2 Å². The molecule has 0 atom stereocenters. The highest BCUT2D eigenvalue weighted by molar-refractivity contribution is 5.82. The van der Waals surface area contributed by atoms with Gasteiger partial charge in [-0.25, -0.2) is 4.98 Å². The molecule has 3 nitrogen and oxygen atoms in total. The van der Waals surface area contributed by atoms with Crippen LogP contribution in [0.15, 0.2) is 48.8 Å². The quantitative estimate of drug-likeness (QED) is 0.574.